The normalized spacial score (nSPS) is 29.1. The van der Waals surface area contributed by atoms with Crippen molar-refractivity contribution in [3.05, 3.63) is 88.9 Å². The summed E-state index contributed by atoms with van der Waals surface area (Å²) < 4.78 is 25.8. The maximum Gasteiger partial charge on any atom is 0.312 e. The Kier molecular flexibility index (Phi) is 12.8. The molecule has 1 aromatic heterocycles. The molecule has 4 bridgehead atoms. The van der Waals surface area contributed by atoms with Gasteiger partial charge < -0.3 is 49.3 Å². The number of rotatable bonds is 4. The molecule has 5 N–H and O–H groups in total. The molecule has 6 rings (SSSR count). The quantitative estimate of drug-likeness (QED) is 0.0770. The third-order valence-electron chi connectivity index (χ3n) is 12.5. The third kappa shape index (κ3) is 7.75. The van der Waals surface area contributed by atoms with Crippen LogP contribution < -0.4 is 10.1 Å². The number of phenols is 2. The van der Waals surface area contributed by atoms with Crippen LogP contribution in [-0.4, -0.2) is 85.7 Å². The smallest absolute Gasteiger partial charge is 0.312 e. The lowest BCUT2D eigenvalue weighted by Crippen LogP contribution is -2.46. The Hall–Kier alpha value is -5.96. The fraction of sp³-hybridized carbons (Fsp3) is 0.417. The Morgan fingerprint density at radius 3 is 2.15 bits per heavy atom. The molecule has 0 radical (unpaired) electrons. The number of aliphatic hydroxyl groups is 2. The second kappa shape index (κ2) is 17.4. The van der Waals surface area contributed by atoms with E-state index in [1.54, 1.807) is 82.5 Å². The van der Waals surface area contributed by atoms with Crippen molar-refractivity contribution in [1.29, 1.82) is 0 Å². The first-order valence-electron chi connectivity index (χ1n) is 20.6. The summed E-state index contributed by atoms with van der Waals surface area (Å²) >= 11 is 0. The molecule has 2 aliphatic heterocycles. The number of Topliss-reactive ketones (excluding diaryl/α,β-unsaturated/α-hetero) is 2. The molecule has 1 amide bonds. The van der Waals surface area contributed by atoms with E-state index in [4.69, 9.17) is 18.9 Å². The number of ether oxygens (including phenoxy) is 4. The predicted octanol–water partition coefficient (Wildman–Crippen LogP) is 7.50. The Balaban J connectivity index is 1.66. The Morgan fingerprint density at radius 2 is 1.53 bits per heavy atom. The number of fused-ring (bicyclic) bond motifs is 1. The van der Waals surface area contributed by atoms with Crippen molar-refractivity contribution in [2.24, 2.45) is 23.7 Å². The number of hydrogen-bond acceptors (Lipinski definition) is 12. The van der Waals surface area contributed by atoms with Gasteiger partial charge in [0, 0.05) is 83.5 Å². The molecule has 0 saturated carbocycles. The van der Waals surface area contributed by atoms with Crippen LogP contribution in [0.5, 0.6) is 17.2 Å². The lowest BCUT2D eigenvalue weighted by atomic mass is 9.78. The van der Waals surface area contributed by atoms with E-state index in [0.29, 0.717) is 11.4 Å². The highest BCUT2D eigenvalue weighted by Crippen LogP contribution is 2.55. The molecule has 3 heterocycles. The maximum absolute atomic E-state index is 14.9. The number of benzene rings is 3. The first-order chi connectivity index (χ1) is 29.2. The van der Waals surface area contributed by atoms with Crippen LogP contribution in [0.1, 0.15) is 87.4 Å². The van der Waals surface area contributed by atoms with Gasteiger partial charge in [-0.15, -0.1) is 0 Å². The van der Waals surface area contributed by atoms with Gasteiger partial charge in [0.2, 0.25) is 0 Å². The van der Waals surface area contributed by atoms with E-state index in [9.17, 15) is 39.6 Å². The number of aromatic nitrogens is 1. The largest absolute Gasteiger partial charge is 0.507 e. The van der Waals surface area contributed by atoms with E-state index in [-0.39, 0.29) is 55.4 Å². The van der Waals surface area contributed by atoms with E-state index in [1.165, 1.54) is 53.2 Å². The number of amides is 1. The van der Waals surface area contributed by atoms with Gasteiger partial charge in [0.15, 0.2) is 11.5 Å². The van der Waals surface area contributed by atoms with Crippen LogP contribution in [0.25, 0.3) is 27.4 Å². The van der Waals surface area contributed by atoms with E-state index in [1.807, 2.05) is 6.07 Å². The molecule has 3 aromatic carbocycles. The van der Waals surface area contributed by atoms with E-state index < -0.39 is 88.8 Å². The lowest BCUT2D eigenvalue weighted by molar-refractivity contribution is -0.160. The highest BCUT2D eigenvalue weighted by atomic mass is 16.7. The highest BCUT2D eigenvalue weighted by Gasteiger charge is 2.50. The fourth-order valence-corrected chi connectivity index (χ4v) is 8.98. The monoisotopic (exact) mass is 852 g/mol. The molecule has 9 atom stereocenters. The number of allylic oxidation sites excluding steroid dienone is 2. The Morgan fingerprint density at radius 1 is 0.871 bits per heavy atom. The Labute approximate surface area is 360 Å². The number of aromatic hydroxyl groups is 2. The molecule has 14 nitrogen and oxygen atoms in total. The molecule has 0 aliphatic carbocycles. The SMILES string of the molecule is COC1/C=C/OC2(C)Oc3c(C)c(O)c4c(O)c(c5c(C(C)=O)c(C)n(-c6ccccc6)c5c4c3C2=O)NC(=O)/C(C)=C/C=C\C(C)C(O)C(C)C(O)C(C)C(OC(C)=O)C1C. The standard InChI is InChI=1S/C48H56N2O12/c1-22-16-15-17-23(2)47(58)49-38-35-33(29(8)51)28(7)50(31-18-13-12-14-19-31)39(35)34-36(43(38)56)42(55)27(6)45-37(34)46(57)48(10,62-45)60-21-20-32(59-11)24(3)44(61-30(9)52)26(5)41(54)25(4)40(22)53/h12-22,24-26,32,40-41,44,53-56H,1-11H3,(H,49,58)/b16-15-,21-20+,23-17+. The number of anilines is 1. The molecule has 14 heteroatoms. The summed E-state index contributed by atoms with van der Waals surface area (Å²) in [5, 5.41) is 50.1. The summed E-state index contributed by atoms with van der Waals surface area (Å²) in [5.41, 5.74) is 1.49. The predicted molar refractivity (Wildman–Crippen MR) is 234 cm³/mol. The second-order valence-corrected chi connectivity index (χ2v) is 16.8. The van der Waals surface area contributed by atoms with E-state index >= 15 is 0 Å². The zero-order valence-electron chi connectivity index (χ0n) is 36.9. The summed E-state index contributed by atoms with van der Waals surface area (Å²) in [5.74, 6) is -7.90. The molecule has 62 heavy (non-hydrogen) atoms. The molecule has 0 spiro atoms. The number of phenolic OH excluding ortho intramolecular Hbond substituents is 2. The summed E-state index contributed by atoms with van der Waals surface area (Å²) in [7, 11) is 1.45. The number of carbonyl (C=O) groups excluding carboxylic acids is 4. The first kappa shape index (κ1) is 45.6. The van der Waals surface area contributed by atoms with Crippen molar-refractivity contribution in [3.8, 4) is 22.9 Å². The summed E-state index contributed by atoms with van der Waals surface area (Å²) in [4.78, 5) is 55.1. The van der Waals surface area contributed by atoms with Gasteiger partial charge >= 0.3 is 11.8 Å². The van der Waals surface area contributed by atoms with Gasteiger partial charge in [-0.25, -0.2) is 0 Å². The van der Waals surface area contributed by atoms with Gasteiger partial charge in [0.05, 0.1) is 46.7 Å². The van der Waals surface area contributed by atoms with Crippen molar-refractivity contribution in [2.45, 2.75) is 99.4 Å². The number of hydrogen-bond donors (Lipinski definition) is 5. The molecule has 4 aromatic rings. The number of nitrogens with one attached hydrogen (secondary N) is 1. The zero-order valence-corrected chi connectivity index (χ0v) is 36.9. The van der Waals surface area contributed by atoms with Crippen LogP contribution in [0.3, 0.4) is 0 Å². The molecule has 0 fully saturated rings. The minimum absolute atomic E-state index is 0.0211. The van der Waals surface area contributed by atoms with Gasteiger partial charge in [0.25, 0.3) is 11.7 Å². The van der Waals surface area contributed by atoms with Gasteiger partial charge in [0.1, 0.15) is 17.6 Å². The van der Waals surface area contributed by atoms with E-state index in [2.05, 4.69) is 5.32 Å². The third-order valence-corrected chi connectivity index (χ3v) is 12.5. The summed E-state index contributed by atoms with van der Waals surface area (Å²) in [6.45, 7) is 15.8. The minimum Gasteiger partial charge on any atom is -0.507 e. The van der Waals surface area contributed by atoms with Crippen LogP contribution in [0.4, 0.5) is 5.69 Å². The van der Waals surface area contributed by atoms with Crippen molar-refractivity contribution >= 4 is 50.8 Å². The number of ketones is 2. The first-order valence-corrected chi connectivity index (χ1v) is 20.6. The van der Waals surface area contributed by atoms with Crippen molar-refractivity contribution in [3.63, 3.8) is 0 Å². The topological polar surface area (TPSA) is 203 Å². The fourth-order valence-electron chi connectivity index (χ4n) is 8.98. The maximum atomic E-state index is 14.9. The van der Waals surface area contributed by atoms with Crippen LogP contribution in [-0.2, 0) is 23.8 Å². The summed E-state index contributed by atoms with van der Waals surface area (Å²) in [6.07, 6.45) is 3.65. The number of para-hydroxylation sites is 1. The average Bonchev–Trinajstić information content (AvgIpc) is 3.69. The van der Waals surface area contributed by atoms with Crippen molar-refractivity contribution in [1.82, 2.24) is 4.57 Å². The molecule has 330 valence electrons. The Bertz CT molecular complexity index is 2550. The molecular weight excluding hydrogens is 797 g/mol. The second-order valence-electron chi connectivity index (χ2n) is 16.8. The number of aliphatic hydroxyl groups excluding tert-OH is 2. The average molecular weight is 853 g/mol. The molecule has 2 aliphatic rings. The highest BCUT2D eigenvalue weighted by molar-refractivity contribution is 6.31. The number of esters is 1. The molecule has 0 saturated heterocycles. The van der Waals surface area contributed by atoms with Crippen molar-refractivity contribution in [2.75, 3.05) is 12.4 Å². The van der Waals surface area contributed by atoms with Crippen LogP contribution in [0, 0.1) is 37.5 Å². The summed E-state index contributed by atoms with van der Waals surface area (Å²) in [6, 6.07) is 9.02. The van der Waals surface area contributed by atoms with Crippen LogP contribution in [0.2, 0.25) is 0 Å². The van der Waals surface area contributed by atoms with Gasteiger partial charge in [-0.05, 0) is 45.9 Å². The number of carbonyl (C=O) groups is 4. The van der Waals surface area contributed by atoms with Crippen LogP contribution in [0.15, 0.2) is 66.5 Å². The molecule has 9 unspecified atom stereocenters. The zero-order chi connectivity index (χ0) is 45.7. The van der Waals surface area contributed by atoms with Gasteiger partial charge in [-0.3, -0.25) is 19.2 Å². The minimum atomic E-state index is -2.03. The molecular formula is C48H56N2O12. The van der Waals surface area contributed by atoms with Crippen molar-refractivity contribution < 1.29 is 58.6 Å². The van der Waals surface area contributed by atoms with Crippen LogP contribution >= 0.6 is 0 Å². The number of methoxy groups -OCH3 is 1. The number of nitrogens with zero attached hydrogens (tertiary/aromatic N) is 1. The van der Waals surface area contributed by atoms with E-state index in [0.717, 1.165) is 0 Å². The van der Waals surface area contributed by atoms with Gasteiger partial charge in [-0.2, -0.15) is 0 Å². The van der Waals surface area contributed by atoms with Gasteiger partial charge in [-0.1, -0.05) is 64.1 Å². The lowest BCUT2D eigenvalue weighted by Gasteiger charge is -2.38.